The molecule has 0 saturated heterocycles. The average molecular weight is 508 g/mol. The summed E-state index contributed by atoms with van der Waals surface area (Å²) < 4.78 is 0. The molecule has 0 atom stereocenters. The molecule has 192 valence electrons. The van der Waals surface area contributed by atoms with E-state index in [1.165, 1.54) is 37.9 Å². The Morgan fingerprint density at radius 2 is 0.730 bits per heavy atom. The van der Waals surface area contributed by atoms with Gasteiger partial charge in [-0.25, -0.2) is 0 Å². The maximum Gasteiger partial charge on any atom is 0.144 e. The Hall–Kier alpha value is -2.69. The summed E-state index contributed by atoms with van der Waals surface area (Å²) in [6.07, 6.45) is 0. The van der Waals surface area contributed by atoms with Gasteiger partial charge in [0.2, 0.25) is 0 Å². The van der Waals surface area contributed by atoms with Crippen molar-refractivity contribution in [3.05, 3.63) is 120 Å². The largest absolute Gasteiger partial charge is 0.144 e. The predicted octanol–water partition coefficient (Wildman–Crippen LogP) is 8.20. The van der Waals surface area contributed by atoms with Crippen molar-refractivity contribution in [2.24, 2.45) is 0 Å². The summed E-state index contributed by atoms with van der Waals surface area (Å²) in [4.78, 5) is 0. The van der Waals surface area contributed by atoms with Crippen LogP contribution in [-0.2, 0) is 16.2 Å². The molecule has 0 aliphatic heterocycles. The summed E-state index contributed by atoms with van der Waals surface area (Å²) in [6, 6.07) is 38.8. The normalized spacial score (nSPS) is 13.0. The lowest BCUT2D eigenvalue weighted by molar-refractivity contribution is 0.500. The predicted molar refractivity (Wildman–Crippen MR) is 167 cm³/mol. The molecule has 0 saturated carbocycles. The molecular weight excluding hydrogens is 463 g/mol. The molecule has 4 aromatic rings. The summed E-state index contributed by atoms with van der Waals surface area (Å²) in [5, 5.41) is 5.70. The molecular formula is C36H44P+. The van der Waals surface area contributed by atoms with Gasteiger partial charge >= 0.3 is 0 Å². The molecule has 0 fully saturated rings. The fourth-order valence-electron chi connectivity index (χ4n) is 5.85. The van der Waals surface area contributed by atoms with E-state index in [0.717, 1.165) is 0 Å². The van der Waals surface area contributed by atoms with Crippen molar-refractivity contribution in [1.29, 1.82) is 0 Å². The van der Waals surface area contributed by atoms with Crippen LogP contribution in [0.15, 0.2) is 103 Å². The SMILES string of the molecule is CC(C)(C)c1ccc([P+](c2ccccc2)(c2ccccc2)c2ccccc2)c(C(C)(C)C)c1C(C)(C)C. The average Bonchev–Trinajstić information content (AvgIpc) is 2.84. The van der Waals surface area contributed by atoms with Gasteiger partial charge in [-0.2, -0.15) is 0 Å². The van der Waals surface area contributed by atoms with E-state index in [0.29, 0.717) is 0 Å². The Labute approximate surface area is 226 Å². The van der Waals surface area contributed by atoms with Crippen molar-refractivity contribution in [3.8, 4) is 0 Å². The van der Waals surface area contributed by atoms with Crippen LogP contribution in [-0.4, -0.2) is 0 Å². The molecule has 0 N–H and O–H groups in total. The van der Waals surface area contributed by atoms with Crippen LogP contribution in [0.5, 0.6) is 0 Å². The van der Waals surface area contributed by atoms with Gasteiger partial charge in [-0.15, -0.1) is 0 Å². The highest BCUT2D eigenvalue weighted by Gasteiger charge is 2.51. The Balaban J connectivity index is 2.33. The van der Waals surface area contributed by atoms with Crippen molar-refractivity contribution >= 4 is 28.5 Å². The molecule has 0 spiro atoms. The Morgan fingerprint density at radius 3 is 1.03 bits per heavy atom. The van der Waals surface area contributed by atoms with E-state index in [2.05, 4.69) is 165 Å². The molecule has 0 heterocycles. The fraction of sp³-hybridized carbons (Fsp3) is 0.333. The lowest BCUT2D eigenvalue weighted by Crippen LogP contribution is -2.44. The van der Waals surface area contributed by atoms with Gasteiger partial charge in [-0.05, 0) is 69.8 Å². The van der Waals surface area contributed by atoms with E-state index < -0.39 is 7.26 Å². The molecule has 1 heteroatoms. The fourth-order valence-corrected chi connectivity index (χ4v) is 10.5. The van der Waals surface area contributed by atoms with Crippen LogP contribution < -0.4 is 21.2 Å². The van der Waals surface area contributed by atoms with Crippen molar-refractivity contribution in [1.82, 2.24) is 0 Å². The lowest BCUT2D eigenvalue weighted by atomic mass is 9.69. The summed E-state index contributed by atoms with van der Waals surface area (Å²) >= 11 is 0. The topological polar surface area (TPSA) is 0 Å². The van der Waals surface area contributed by atoms with Crippen LogP contribution in [0, 0.1) is 0 Å². The maximum atomic E-state index is 2.50. The van der Waals surface area contributed by atoms with Gasteiger partial charge in [-0.1, -0.05) is 123 Å². The molecule has 0 bridgehead atoms. The van der Waals surface area contributed by atoms with E-state index >= 15 is 0 Å². The van der Waals surface area contributed by atoms with Crippen molar-refractivity contribution in [2.45, 2.75) is 78.6 Å². The third-order valence-electron chi connectivity index (χ3n) is 7.28. The number of rotatable bonds is 4. The maximum absolute atomic E-state index is 2.50. The molecule has 0 aliphatic rings. The summed E-state index contributed by atoms with van der Waals surface area (Å²) in [5.41, 5.74) is 4.49. The second-order valence-corrected chi connectivity index (χ2v) is 16.7. The van der Waals surface area contributed by atoms with Crippen LogP contribution in [0.4, 0.5) is 0 Å². The van der Waals surface area contributed by atoms with Crippen LogP contribution in [0.1, 0.15) is 79.0 Å². The molecule has 0 unspecified atom stereocenters. The molecule has 0 nitrogen and oxygen atoms in total. The first-order chi connectivity index (χ1) is 17.3. The molecule has 4 rings (SSSR count). The highest BCUT2D eigenvalue weighted by molar-refractivity contribution is 8.01. The number of hydrogen-bond donors (Lipinski definition) is 0. The van der Waals surface area contributed by atoms with Gasteiger partial charge < -0.3 is 0 Å². The first kappa shape index (κ1) is 27.3. The number of hydrogen-bond acceptors (Lipinski definition) is 0. The zero-order valence-electron chi connectivity index (χ0n) is 24.3. The second-order valence-electron chi connectivity index (χ2n) is 13.3. The highest BCUT2D eigenvalue weighted by Crippen LogP contribution is 2.57. The van der Waals surface area contributed by atoms with Crippen molar-refractivity contribution in [3.63, 3.8) is 0 Å². The molecule has 4 aromatic carbocycles. The smallest absolute Gasteiger partial charge is 0.0620 e. The van der Waals surface area contributed by atoms with Crippen LogP contribution in [0.3, 0.4) is 0 Å². The van der Waals surface area contributed by atoms with E-state index in [1.807, 2.05) is 0 Å². The van der Waals surface area contributed by atoms with Gasteiger partial charge in [0.15, 0.2) is 0 Å². The third-order valence-corrected chi connectivity index (χ3v) is 11.6. The van der Waals surface area contributed by atoms with Crippen molar-refractivity contribution in [2.75, 3.05) is 0 Å². The van der Waals surface area contributed by atoms with E-state index in [9.17, 15) is 0 Å². The highest BCUT2D eigenvalue weighted by atomic mass is 31.2. The van der Waals surface area contributed by atoms with Gasteiger partial charge in [0.25, 0.3) is 0 Å². The first-order valence-electron chi connectivity index (χ1n) is 13.5. The first-order valence-corrected chi connectivity index (χ1v) is 15.3. The van der Waals surface area contributed by atoms with Crippen LogP contribution in [0.25, 0.3) is 0 Å². The van der Waals surface area contributed by atoms with E-state index in [4.69, 9.17) is 0 Å². The minimum absolute atomic E-state index is 0.000953. The van der Waals surface area contributed by atoms with Gasteiger partial charge in [0.05, 0.1) is 0 Å². The molecule has 37 heavy (non-hydrogen) atoms. The minimum Gasteiger partial charge on any atom is -0.0620 e. The Morgan fingerprint density at radius 1 is 0.378 bits per heavy atom. The molecule has 0 aromatic heterocycles. The standard InChI is InChI=1S/C36H44P/c1-34(2,3)30-25-26-31(33(36(7,8)9)32(30)35(4,5)6)37(27-19-13-10-14-20-27,28-21-15-11-16-22-28)29-23-17-12-18-24-29/h10-26H,1-9H3/q+1. The van der Waals surface area contributed by atoms with Crippen LogP contribution >= 0.6 is 7.26 Å². The summed E-state index contributed by atoms with van der Waals surface area (Å²) in [6.45, 7) is 21.5. The molecule has 0 radical (unpaired) electrons. The number of benzene rings is 4. The van der Waals surface area contributed by atoms with Gasteiger partial charge in [0, 0.05) is 5.56 Å². The minimum atomic E-state index is -2.21. The summed E-state index contributed by atoms with van der Waals surface area (Å²) in [5.74, 6) is 0. The van der Waals surface area contributed by atoms with Gasteiger partial charge in [0.1, 0.15) is 28.5 Å². The molecule has 0 amide bonds. The third kappa shape index (κ3) is 5.06. The Kier molecular flexibility index (Phi) is 7.31. The quantitative estimate of drug-likeness (QED) is 0.244. The summed E-state index contributed by atoms with van der Waals surface area (Å²) in [7, 11) is -2.21. The van der Waals surface area contributed by atoms with Gasteiger partial charge in [-0.3, -0.25) is 0 Å². The van der Waals surface area contributed by atoms with Crippen LogP contribution in [0.2, 0.25) is 0 Å². The second kappa shape index (κ2) is 9.89. The molecule has 0 aliphatic carbocycles. The zero-order valence-corrected chi connectivity index (χ0v) is 25.2. The monoisotopic (exact) mass is 507 g/mol. The zero-order chi connectivity index (χ0) is 27.1. The van der Waals surface area contributed by atoms with Crippen molar-refractivity contribution < 1.29 is 0 Å². The lowest BCUT2D eigenvalue weighted by Gasteiger charge is -2.40. The van der Waals surface area contributed by atoms with E-state index in [-0.39, 0.29) is 16.2 Å². The Bertz CT molecular complexity index is 1230. The van der Waals surface area contributed by atoms with E-state index in [1.54, 1.807) is 0 Å².